The second-order valence-corrected chi connectivity index (χ2v) is 8.13. The van der Waals surface area contributed by atoms with Gasteiger partial charge in [0.25, 0.3) is 0 Å². The highest BCUT2D eigenvalue weighted by Gasteiger charge is 2.24. The van der Waals surface area contributed by atoms with Crippen molar-refractivity contribution in [3.63, 3.8) is 0 Å². The lowest BCUT2D eigenvalue weighted by molar-refractivity contribution is -0.131. The molecule has 0 saturated heterocycles. The molecule has 2 aromatic rings. The molecule has 0 bridgehead atoms. The molecular weight excluding hydrogens is 316 g/mol. The van der Waals surface area contributed by atoms with Crippen LogP contribution in [0.2, 0.25) is 0 Å². The molecule has 0 radical (unpaired) electrons. The van der Waals surface area contributed by atoms with Crippen molar-refractivity contribution in [3.8, 4) is 11.3 Å². The van der Waals surface area contributed by atoms with Crippen LogP contribution < -0.4 is 0 Å². The van der Waals surface area contributed by atoms with Gasteiger partial charge in [0.05, 0.1) is 17.1 Å². The topological polar surface area (TPSA) is 33.2 Å². The summed E-state index contributed by atoms with van der Waals surface area (Å²) in [5, 5.41) is 1.02. The number of hydrogen-bond acceptors (Lipinski definition) is 3. The highest BCUT2D eigenvalue weighted by Crippen LogP contribution is 2.30. The second-order valence-electron chi connectivity index (χ2n) is 6.84. The number of hydrogen-bond donors (Lipinski definition) is 0. The van der Waals surface area contributed by atoms with Crippen LogP contribution in [0.1, 0.15) is 47.6 Å². The maximum Gasteiger partial charge on any atom is 0.227 e. The van der Waals surface area contributed by atoms with Crippen molar-refractivity contribution in [2.24, 2.45) is 0 Å². The Labute approximate surface area is 148 Å². The van der Waals surface area contributed by atoms with Gasteiger partial charge in [-0.1, -0.05) is 49.1 Å². The fraction of sp³-hybridized carbons (Fsp3) is 0.500. The number of thiazole rings is 1. The minimum Gasteiger partial charge on any atom is -0.342 e. The van der Waals surface area contributed by atoms with Crippen LogP contribution in [-0.2, 0) is 11.2 Å². The molecule has 128 valence electrons. The summed E-state index contributed by atoms with van der Waals surface area (Å²) in [6, 6.07) is 8.82. The summed E-state index contributed by atoms with van der Waals surface area (Å²) in [5.74, 6) is 0.221. The van der Waals surface area contributed by atoms with Gasteiger partial charge in [-0.05, 0) is 26.7 Å². The van der Waals surface area contributed by atoms with E-state index in [4.69, 9.17) is 0 Å². The molecule has 1 aromatic heterocycles. The van der Waals surface area contributed by atoms with Gasteiger partial charge in [-0.2, -0.15) is 0 Å². The summed E-state index contributed by atoms with van der Waals surface area (Å²) in [5.41, 5.74) is 3.32. The van der Waals surface area contributed by atoms with Gasteiger partial charge < -0.3 is 4.90 Å². The highest BCUT2D eigenvalue weighted by atomic mass is 32.1. The molecule has 1 amide bonds. The highest BCUT2D eigenvalue weighted by molar-refractivity contribution is 7.12. The zero-order valence-corrected chi connectivity index (χ0v) is 15.7. The van der Waals surface area contributed by atoms with Crippen LogP contribution >= 0.6 is 11.3 Å². The molecule has 1 aliphatic rings. The van der Waals surface area contributed by atoms with Gasteiger partial charge in [-0.25, -0.2) is 4.98 Å². The molecular formula is C20H26N2OS. The third-order valence-corrected chi connectivity index (χ3v) is 5.93. The monoisotopic (exact) mass is 342 g/mol. The quantitative estimate of drug-likeness (QED) is 0.802. The third kappa shape index (κ3) is 3.86. The number of aromatic nitrogens is 1. The van der Waals surface area contributed by atoms with E-state index in [9.17, 15) is 4.79 Å². The van der Waals surface area contributed by atoms with E-state index in [1.54, 1.807) is 11.3 Å². The van der Waals surface area contributed by atoms with E-state index >= 15 is 0 Å². The molecule has 0 atom stereocenters. The smallest absolute Gasteiger partial charge is 0.227 e. The molecule has 1 aromatic carbocycles. The molecule has 0 unspecified atom stereocenters. The van der Waals surface area contributed by atoms with Crippen molar-refractivity contribution in [2.75, 3.05) is 7.05 Å². The minimum atomic E-state index is 0.221. The summed E-state index contributed by atoms with van der Waals surface area (Å²) in [6.45, 7) is 4.10. The van der Waals surface area contributed by atoms with Crippen molar-refractivity contribution in [2.45, 2.75) is 58.4 Å². The maximum absolute atomic E-state index is 12.8. The SMILES string of the molecule is Cc1ccc(-c2nc(C)sc2CC(=O)N(C)C2CCCCC2)cc1. The first kappa shape index (κ1) is 17.2. The number of amides is 1. The molecule has 1 saturated carbocycles. The molecule has 4 heteroatoms. The van der Waals surface area contributed by atoms with Crippen molar-refractivity contribution in [1.82, 2.24) is 9.88 Å². The van der Waals surface area contributed by atoms with E-state index in [2.05, 4.69) is 36.2 Å². The lowest BCUT2D eigenvalue weighted by Crippen LogP contribution is -2.39. The predicted octanol–water partition coefficient (Wildman–Crippen LogP) is 4.76. The Bertz CT molecular complexity index is 699. The van der Waals surface area contributed by atoms with E-state index in [0.29, 0.717) is 12.5 Å². The first-order valence-corrected chi connectivity index (χ1v) is 9.65. The maximum atomic E-state index is 12.8. The lowest BCUT2D eigenvalue weighted by Gasteiger charge is -2.31. The number of nitrogens with zero attached hydrogens (tertiary/aromatic N) is 2. The van der Waals surface area contributed by atoms with Crippen molar-refractivity contribution in [3.05, 3.63) is 39.7 Å². The first-order chi connectivity index (χ1) is 11.5. The first-order valence-electron chi connectivity index (χ1n) is 8.83. The molecule has 0 spiro atoms. The molecule has 3 rings (SSSR count). The Kier molecular flexibility index (Phi) is 5.34. The third-order valence-electron chi connectivity index (χ3n) is 4.96. The largest absolute Gasteiger partial charge is 0.342 e. The summed E-state index contributed by atoms with van der Waals surface area (Å²) < 4.78 is 0. The Hall–Kier alpha value is -1.68. The number of benzene rings is 1. The number of carbonyl (C=O) groups is 1. The van der Waals surface area contributed by atoms with Crippen LogP contribution in [0.5, 0.6) is 0 Å². The van der Waals surface area contributed by atoms with E-state index in [0.717, 1.165) is 34.0 Å². The van der Waals surface area contributed by atoms with Gasteiger partial charge in [-0.15, -0.1) is 11.3 Å². The number of rotatable bonds is 4. The fourth-order valence-corrected chi connectivity index (χ4v) is 4.41. The summed E-state index contributed by atoms with van der Waals surface area (Å²) in [6.07, 6.45) is 6.56. The average Bonchev–Trinajstić information content (AvgIpc) is 2.96. The molecule has 1 heterocycles. The van der Waals surface area contributed by atoms with Crippen molar-refractivity contribution >= 4 is 17.2 Å². The van der Waals surface area contributed by atoms with Crippen LogP contribution in [0.25, 0.3) is 11.3 Å². The summed E-state index contributed by atoms with van der Waals surface area (Å²) in [4.78, 5) is 20.5. The van der Waals surface area contributed by atoms with E-state index in [-0.39, 0.29) is 5.91 Å². The minimum absolute atomic E-state index is 0.221. The molecule has 3 nitrogen and oxygen atoms in total. The molecule has 1 aliphatic carbocycles. The second kappa shape index (κ2) is 7.47. The number of likely N-dealkylation sites (N-methyl/N-ethyl adjacent to an activating group) is 1. The van der Waals surface area contributed by atoms with E-state index in [1.807, 2.05) is 18.9 Å². The Morgan fingerprint density at radius 1 is 1.17 bits per heavy atom. The van der Waals surface area contributed by atoms with Gasteiger partial charge in [-0.3, -0.25) is 4.79 Å². The molecule has 24 heavy (non-hydrogen) atoms. The van der Waals surface area contributed by atoms with Crippen molar-refractivity contribution < 1.29 is 4.79 Å². The summed E-state index contributed by atoms with van der Waals surface area (Å²) in [7, 11) is 1.97. The van der Waals surface area contributed by atoms with Gasteiger partial charge >= 0.3 is 0 Å². The van der Waals surface area contributed by atoms with Crippen LogP contribution in [0, 0.1) is 13.8 Å². The molecule has 0 aliphatic heterocycles. The molecule has 0 N–H and O–H groups in total. The fourth-order valence-electron chi connectivity index (χ4n) is 3.46. The van der Waals surface area contributed by atoms with Crippen molar-refractivity contribution in [1.29, 1.82) is 0 Å². The number of aryl methyl sites for hydroxylation is 2. The Morgan fingerprint density at radius 3 is 2.50 bits per heavy atom. The van der Waals surface area contributed by atoms with Gasteiger partial charge in [0.2, 0.25) is 5.91 Å². The normalized spacial score (nSPS) is 15.5. The van der Waals surface area contributed by atoms with Crippen LogP contribution in [0.3, 0.4) is 0 Å². The molecule has 1 fully saturated rings. The van der Waals surface area contributed by atoms with Gasteiger partial charge in [0.15, 0.2) is 0 Å². The zero-order valence-electron chi connectivity index (χ0n) is 14.8. The van der Waals surface area contributed by atoms with E-state index < -0.39 is 0 Å². The van der Waals surface area contributed by atoms with Crippen LogP contribution in [0.4, 0.5) is 0 Å². The average molecular weight is 343 g/mol. The van der Waals surface area contributed by atoms with Crippen LogP contribution in [0.15, 0.2) is 24.3 Å². The predicted molar refractivity (Wildman–Crippen MR) is 100 cm³/mol. The number of carbonyl (C=O) groups excluding carboxylic acids is 1. The van der Waals surface area contributed by atoms with Gasteiger partial charge in [0, 0.05) is 23.5 Å². The van der Waals surface area contributed by atoms with Gasteiger partial charge in [0.1, 0.15) is 0 Å². The Balaban J connectivity index is 1.77. The zero-order chi connectivity index (χ0) is 17.1. The standard InChI is InChI=1S/C20H26N2OS/c1-14-9-11-16(12-10-14)20-18(24-15(2)21-20)13-19(23)22(3)17-7-5-4-6-8-17/h9-12,17H,4-8,13H2,1-3H3. The summed E-state index contributed by atoms with van der Waals surface area (Å²) >= 11 is 1.65. The van der Waals surface area contributed by atoms with Crippen LogP contribution in [-0.4, -0.2) is 28.9 Å². The van der Waals surface area contributed by atoms with E-state index in [1.165, 1.54) is 24.8 Å². The Morgan fingerprint density at radius 2 is 1.83 bits per heavy atom. The lowest BCUT2D eigenvalue weighted by atomic mass is 9.94.